The van der Waals surface area contributed by atoms with Gasteiger partial charge >= 0.3 is 0 Å². The molecule has 0 radical (unpaired) electrons. The molecule has 0 saturated heterocycles. The van der Waals surface area contributed by atoms with Crippen molar-refractivity contribution in [1.82, 2.24) is 0 Å². The standard InChI is InChI=1S/C14H21IO2/c1-3-8-16-9-10-17-14(11-15)13-6-4-12(2)5-7-13/h4-7,14H,3,8-11H2,1-2H3. The predicted molar refractivity (Wildman–Crippen MR) is 79.9 cm³/mol. The Kier molecular flexibility index (Phi) is 7.81. The van der Waals surface area contributed by atoms with E-state index in [0.717, 1.165) is 17.5 Å². The molecule has 17 heavy (non-hydrogen) atoms. The Hall–Kier alpha value is -0.130. The van der Waals surface area contributed by atoms with E-state index in [1.807, 2.05) is 0 Å². The van der Waals surface area contributed by atoms with Crippen molar-refractivity contribution in [2.45, 2.75) is 26.4 Å². The number of halogens is 1. The van der Waals surface area contributed by atoms with Gasteiger partial charge in [0.2, 0.25) is 0 Å². The lowest BCUT2D eigenvalue weighted by Crippen LogP contribution is -2.11. The molecule has 0 amide bonds. The van der Waals surface area contributed by atoms with E-state index in [4.69, 9.17) is 9.47 Å². The van der Waals surface area contributed by atoms with Crippen LogP contribution in [-0.2, 0) is 9.47 Å². The summed E-state index contributed by atoms with van der Waals surface area (Å²) in [6.45, 7) is 6.39. The Balaban J connectivity index is 2.35. The maximum absolute atomic E-state index is 5.83. The number of alkyl halides is 1. The van der Waals surface area contributed by atoms with E-state index < -0.39 is 0 Å². The van der Waals surface area contributed by atoms with Crippen molar-refractivity contribution >= 4 is 22.6 Å². The molecular formula is C14H21IO2. The second-order valence-electron chi connectivity index (χ2n) is 4.04. The van der Waals surface area contributed by atoms with E-state index in [2.05, 4.69) is 60.7 Å². The van der Waals surface area contributed by atoms with Crippen molar-refractivity contribution in [2.75, 3.05) is 24.2 Å². The smallest absolute Gasteiger partial charge is 0.0915 e. The monoisotopic (exact) mass is 348 g/mol. The summed E-state index contributed by atoms with van der Waals surface area (Å²) >= 11 is 2.36. The Labute approximate surface area is 118 Å². The van der Waals surface area contributed by atoms with Crippen molar-refractivity contribution in [2.24, 2.45) is 0 Å². The van der Waals surface area contributed by atoms with Gasteiger partial charge in [0.25, 0.3) is 0 Å². The number of hydrogen-bond acceptors (Lipinski definition) is 2. The van der Waals surface area contributed by atoms with Gasteiger partial charge in [-0.05, 0) is 18.9 Å². The predicted octanol–water partition coefficient (Wildman–Crippen LogP) is 3.91. The van der Waals surface area contributed by atoms with Crippen molar-refractivity contribution in [3.8, 4) is 0 Å². The number of ether oxygens (including phenoxy) is 2. The van der Waals surface area contributed by atoms with Gasteiger partial charge < -0.3 is 9.47 Å². The van der Waals surface area contributed by atoms with Crippen molar-refractivity contribution in [1.29, 1.82) is 0 Å². The molecule has 0 N–H and O–H groups in total. The summed E-state index contributed by atoms with van der Waals surface area (Å²) in [5, 5.41) is 0. The number of rotatable bonds is 8. The molecule has 0 spiro atoms. The Bertz CT molecular complexity index is 298. The third-order valence-corrected chi connectivity index (χ3v) is 3.28. The fourth-order valence-electron chi connectivity index (χ4n) is 1.51. The van der Waals surface area contributed by atoms with Crippen LogP contribution in [0.5, 0.6) is 0 Å². The van der Waals surface area contributed by atoms with Gasteiger partial charge in [0.1, 0.15) is 0 Å². The van der Waals surface area contributed by atoms with Crippen molar-refractivity contribution in [3.63, 3.8) is 0 Å². The summed E-state index contributed by atoms with van der Waals surface area (Å²) in [7, 11) is 0. The highest BCUT2D eigenvalue weighted by Crippen LogP contribution is 2.20. The van der Waals surface area contributed by atoms with Crippen LogP contribution in [0.1, 0.15) is 30.6 Å². The van der Waals surface area contributed by atoms with E-state index in [1.54, 1.807) is 0 Å². The SMILES string of the molecule is CCCOCCOC(CI)c1ccc(C)cc1. The first-order valence-electron chi connectivity index (χ1n) is 6.09. The Morgan fingerprint density at radius 1 is 1.12 bits per heavy atom. The largest absolute Gasteiger partial charge is 0.379 e. The fraction of sp³-hybridized carbons (Fsp3) is 0.571. The summed E-state index contributed by atoms with van der Waals surface area (Å²) in [6, 6.07) is 8.55. The lowest BCUT2D eigenvalue weighted by molar-refractivity contribution is 0.0147. The molecule has 0 fully saturated rings. The molecule has 0 heterocycles. The molecule has 96 valence electrons. The molecule has 3 heteroatoms. The van der Waals surface area contributed by atoms with Gasteiger partial charge in [-0.2, -0.15) is 0 Å². The third kappa shape index (κ3) is 5.84. The minimum absolute atomic E-state index is 0.182. The second kappa shape index (κ2) is 8.89. The average molecular weight is 348 g/mol. The first-order chi connectivity index (χ1) is 8.27. The van der Waals surface area contributed by atoms with Crippen LogP contribution in [0.15, 0.2) is 24.3 Å². The quantitative estimate of drug-likeness (QED) is 0.403. The molecule has 0 saturated carbocycles. The molecule has 1 unspecified atom stereocenters. The van der Waals surface area contributed by atoms with Crippen LogP contribution in [0, 0.1) is 6.92 Å². The minimum Gasteiger partial charge on any atom is -0.379 e. The molecule has 0 aliphatic heterocycles. The van der Waals surface area contributed by atoms with Gasteiger partial charge in [-0.3, -0.25) is 0 Å². The van der Waals surface area contributed by atoms with E-state index in [1.165, 1.54) is 11.1 Å². The lowest BCUT2D eigenvalue weighted by Gasteiger charge is -2.16. The molecule has 1 rings (SSSR count). The van der Waals surface area contributed by atoms with E-state index in [0.29, 0.717) is 13.2 Å². The number of benzene rings is 1. The molecule has 1 aromatic rings. The maximum atomic E-state index is 5.83. The van der Waals surface area contributed by atoms with Crippen molar-refractivity contribution in [3.05, 3.63) is 35.4 Å². The van der Waals surface area contributed by atoms with Crippen LogP contribution in [0.3, 0.4) is 0 Å². The number of hydrogen-bond donors (Lipinski definition) is 0. The highest BCUT2D eigenvalue weighted by atomic mass is 127. The summed E-state index contributed by atoms with van der Waals surface area (Å²) in [5.74, 6) is 0. The van der Waals surface area contributed by atoms with Crippen LogP contribution in [0.2, 0.25) is 0 Å². The van der Waals surface area contributed by atoms with Gasteiger partial charge in [0.05, 0.1) is 19.3 Å². The molecule has 1 aromatic carbocycles. The summed E-state index contributed by atoms with van der Waals surface area (Å²) in [6.07, 6.45) is 1.25. The van der Waals surface area contributed by atoms with Gasteiger partial charge in [0, 0.05) is 11.0 Å². The van der Waals surface area contributed by atoms with E-state index in [-0.39, 0.29) is 6.10 Å². The van der Waals surface area contributed by atoms with Gasteiger partial charge in [-0.1, -0.05) is 59.3 Å². The maximum Gasteiger partial charge on any atom is 0.0915 e. The van der Waals surface area contributed by atoms with Crippen LogP contribution in [0.25, 0.3) is 0 Å². The van der Waals surface area contributed by atoms with Crippen LogP contribution in [0.4, 0.5) is 0 Å². The van der Waals surface area contributed by atoms with Gasteiger partial charge in [-0.15, -0.1) is 0 Å². The molecule has 0 aliphatic carbocycles. The first-order valence-corrected chi connectivity index (χ1v) is 7.62. The summed E-state index contributed by atoms with van der Waals surface area (Å²) in [5.41, 5.74) is 2.53. The Morgan fingerprint density at radius 3 is 2.41 bits per heavy atom. The average Bonchev–Trinajstić information content (AvgIpc) is 2.35. The number of aryl methyl sites for hydroxylation is 1. The lowest BCUT2D eigenvalue weighted by atomic mass is 10.1. The third-order valence-electron chi connectivity index (χ3n) is 2.48. The van der Waals surface area contributed by atoms with Gasteiger partial charge in [-0.25, -0.2) is 0 Å². The highest BCUT2D eigenvalue weighted by molar-refractivity contribution is 14.1. The zero-order chi connectivity index (χ0) is 12.5. The van der Waals surface area contributed by atoms with E-state index in [9.17, 15) is 0 Å². The van der Waals surface area contributed by atoms with E-state index >= 15 is 0 Å². The van der Waals surface area contributed by atoms with Crippen LogP contribution < -0.4 is 0 Å². The van der Waals surface area contributed by atoms with Gasteiger partial charge in [0.15, 0.2) is 0 Å². The Morgan fingerprint density at radius 2 is 1.82 bits per heavy atom. The summed E-state index contributed by atoms with van der Waals surface area (Å²) in [4.78, 5) is 0. The molecule has 1 atom stereocenters. The molecule has 0 aromatic heterocycles. The zero-order valence-electron chi connectivity index (χ0n) is 10.6. The zero-order valence-corrected chi connectivity index (χ0v) is 12.8. The van der Waals surface area contributed by atoms with Crippen LogP contribution >= 0.6 is 22.6 Å². The fourth-order valence-corrected chi connectivity index (χ4v) is 2.27. The van der Waals surface area contributed by atoms with Crippen molar-refractivity contribution < 1.29 is 9.47 Å². The normalized spacial score (nSPS) is 12.6. The molecular weight excluding hydrogens is 327 g/mol. The topological polar surface area (TPSA) is 18.5 Å². The highest BCUT2D eigenvalue weighted by Gasteiger charge is 2.09. The first kappa shape index (κ1) is 14.9. The molecule has 0 aliphatic rings. The molecule has 2 nitrogen and oxygen atoms in total. The minimum atomic E-state index is 0.182. The van der Waals surface area contributed by atoms with Crippen LogP contribution in [-0.4, -0.2) is 24.2 Å². The molecule has 0 bridgehead atoms. The summed E-state index contributed by atoms with van der Waals surface area (Å²) < 4.78 is 12.2. The second-order valence-corrected chi connectivity index (χ2v) is 4.92.